The Morgan fingerprint density at radius 1 is 1.31 bits per heavy atom. The molecule has 0 radical (unpaired) electrons. The molecule has 0 aliphatic carbocycles. The maximum absolute atomic E-state index is 14.1. The van der Waals surface area contributed by atoms with Crippen molar-refractivity contribution in [1.82, 2.24) is 14.5 Å². The number of hydrogen-bond donors (Lipinski definition) is 1. The van der Waals surface area contributed by atoms with E-state index in [1.54, 1.807) is 12.3 Å². The first-order chi connectivity index (χ1) is 13.8. The first-order valence-corrected chi connectivity index (χ1v) is 9.29. The summed E-state index contributed by atoms with van der Waals surface area (Å²) in [6, 6.07) is 6.33. The predicted molar refractivity (Wildman–Crippen MR) is 109 cm³/mol. The number of pyridine rings is 2. The maximum atomic E-state index is 14.1. The van der Waals surface area contributed by atoms with E-state index in [1.807, 2.05) is 20.2 Å². The molecule has 4 rings (SSSR count). The van der Waals surface area contributed by atoms with Crippen molar-refractivity contribution < 1.29 is 14.3 Å². The number of hydrogen-bond acceptors (Lipinski definition) is 5. The Labute approximate surface area is 170 Å². The SMILES string of the molecule is CN(C)C1CN(c2ccc(-n3cc(C(=O)O)c(=O)c4cc(Cl)c(F)cc43)cn2)C1. The second-order valence-electron chi connectivity index (χ2n) is 7.23. The van der Waals surface area contributed by atoms with Gasteiger partial charge in [-0.3, -0.25) is 4.79 Å². The van der Waals surface area contributed by atoms with Crippen LogP contribution in [-0.4, -0.2) is 58.8 Å². The van der Waals surface area contributed by atoms with E-state index in [0.29, 0.717) is 11.7 Å². The number of likely N-dealkylation sites (N-methyl/N-ethyl adjacent to an activating group) is 1. The minimum Gasteiger partial charge on any atom is -0.477 e. The summed E-state index contributed by atoms with van der Waals surface area (Å²) in [5.41, 5.74) is -0.424. The molecule has 29 heavy (non-hydrogen) atoms. The van der Waals surface area contributed by atoms with E-state index in [-0.39, 0.29) is 15.9 Å². The van der Waals surface area contributed by atoms with E-state index >= 15 is 0 Å². The highest BCUT2D eigenvalue weighted by atomic mass is 35.5. The van der Waals surface area contributed by atoms with Crippen LogP contribution < -0.4 is 10.3 Å². The van der Waals surface area contributed by atoms with Crippen LogP contribution in [0.15, 0.2) is 41.5 Å². The average Bonchev–Trinajstić information content (AvgIpc) is 2.63. The number of carbonyl (C=O) groups is 1. The second-order valence-corrected chi connectivity index (χ2v) is 7.63. The monoisotopic (exact) mass is 416 g/mol. The van der Waals surface area contributed by atoms with Crippen molar-refractivity contribution in [1.29, 1.82) is 0 Å². The quantitative estimate of drug-likeness (QED) is 0.704. The van der Waals surface area contributed by atoms with Crippen molar-refractivity contribution in [2.45, 2.75) is 6.04 Å². The van der Waals surface area contributed by atoms with Gasteiger partial charge in [0.1, 0.15) is 17.2 Å². The van der Waals surface area contributed by atoms with Crippen LogP contribution in [-0.2, 0) is 0 Å². The summed E-state index contributed by atoms with van der Waals surface area (Å²) in [6.45, 7) is 1.74. The highest BCUT2D eigenvalue weighted by molar-refractivity contribution is 6.31. The van der Waals surface area contributed by atoms with Crippen LogP contribution in [0.1, 0.15) is 10.4 Å². The van der Waals surface area contributed by atoms with E-state index in [4.69, 9.17) is 11.6 Å². The lowest BCUT2D eigenvalue weighted by molar-refractivity contribution is 0.0695. The third-order valence-corrected chi connectivity index (χ3v) is 5.49. The molecule has 1 aliphatic heterocycles. The Hall–Kier alpha value is -2.97. The van der Waals surface area contributed by atoms with E-state index in [0.717, 1.165) is 31.0 Å². The lowest BCUT2D eigenvalue weighted by Crippen LogP contribution is -2.57. The number of anilines is 1. The molecule has 2 aromatic heterocycles. The van der Waals surface area contributed by atoms with E-state index in [9.17, 15) is 19.1 Å². The molecule has 0 saturated carbocycles. The number of halogens is 2. The van der Waals surface area contributed by atoms with Crippen molar-refractivity contribution in [2.75, 3.05) is 32.1 Å². The molecule has 1 aromatic carbocycles. The van der Waals surface area contributed by atoms with Gasteiger partial charge in [0, 0.05) is 36.8 Å². The van der Waals surface area contributed by atoms with Gasteiger partial charge < -0.3 is 19.5 Å². The largest absolute Gasteiger partial charge is 0.477 e. The molecular weight excluding hydrogens is 399 g/mol. The van der Waals surface area contributed by atoms with Gasteiger partial charge >= 0.3 is 5.97 Å². The number of fused-ring (bicyclic) bond motifs is 1. The number of carboxylic acids is 1. The molecule has 1 fully saturated rings. The Morgan fingerprint density at radius 3 is 2.62 bits per heavy atom. The topological polar surface area (TPSA) is 78.7 Å². The summed E-state index contributed by atoms with van der Waals surface area (Å²) in [7, 11) is 4.07. The Balaban J connectivity index is 1.79. The smallest absolute Gasteiger partial charge is 0.341 e. The van der Waals surface area contributed by atoms with Crippen LogP contribution in [0.25, 0.3) is 16.6 Å². The van der Waals surface area contributed by atoms with Crippen molar-refractivity contribution in [3.8, 4) is 5.69 Å². The van der Waals surface area contributed by atoms with Gasteiger partial charge in [0.15, 0.2) is 0 Å². The number of carboxylic acid groups (broad SMARTS) is 1. The lowest BCUT2D eigenvalue weighted by Gasteiger charge is -2.43. The van der Waals surface area contributed by atoms with Crippen molar-refractivity contribution in [3.63, 3.8) is 0 Å². The van der Waals surface area contributed by atoms with Crippen LogP contribution in [0.3, 0.4) is 0 Å². The minimum absolute atomic E-state index is 0.0249. The Bertz CT molecular complexity index is 1170. The highest BCUT2D eigenvalue weighted by Gasteiger charge is 2.29. The molecule has 7 nitrogen and oxygen atoms in total. The molecule has 3 aromatic rings. The fourth-order valence-corrected chi connectivity index (χ4v) is 3.53. The number of rotatable bonds is 4. The third-order valence-electron chi connectivity index (χ3n) is 5.20. The summed E-state index contributed by atoms with van der Waals surface area (Å²) in [6.07, 6.45) is 2.75. The summed E-state index contributed by atoms with van der Waals surface area (Å²) in [5.74, 6) is -1.27. The maximum Gasteiger partial charge on any atom is 0.341 e. The molecule has 150 valence electrons. The van der Waals surface area contributed by atoms with E-state index in [1.165, 1.54) is 10.8 Å². The lowest BCUT2D eigenvalue weighted by atomic mass is 10.1. The molecule has 1 saturated heterocycles. The van der Waals surface area contributed by atoms with Crippen molar-refractivity contribution >= 4 is 34.3 Å². The van der Waals surface area contributed by atoms with Crippen LogP contribution in [0, 0.1) is 5.82 Å². The normalized spacial score (nSPS) is 14.4. The van der Waals surface area contributed by atoms with Crippen molar-refractivity contribution in [3.05, 3.63) is 63.3 Å². The van der Waals surface area contributed by atoms with Gasteiger partial charge in [-0.2, -0.15) is 0 Å². The number of aromatic nitrogens is 2. The average molecular weight is 417 g/mol. The molecule has 0 unspecified atom stereocenters. The minimum atomic E-state index is -1.37. The van der Waals surface area contributed by atoms with Crippen LogP contribution in [0.5, 0.6) is 0 Å². The molecule has 3 heterocycles. The molecule has 9 heteroatoms. The van der Waals surface area contributed by atoms with Gasteiger partial charge in [-0.15, -0.1) is 0 Å². The molecular formula is C20H18ClFN4O3. The number of benzene rings is 1. The standard InChI is InChI=1S/C20H18ClFN4O3/c1-24(2)12-8-25(9-12)18-4-3-11(7-23-18)26-10-14(20(28)29)19(27)13-5-15(21)16(22)6-17(13)26/h3-7,10,12H,8-9H2,1-2H3,(H,28,29). The zero-order valence-corrected chi connectivity index (χ0v) is 16.5. The molecule has 1 aliphatic rings. The summed E-state index contributed by atoms with van der Waals surface area (Å²) < 4.78 is 15.5. The van der Waals surface area contributed by atoms with Gasteiger partial charge in [0.2, 0.25) is 5.43 Å². The van der Waals surface area contributed by atoms with Gasteiger partial charge in [-0.05, 0) is 32.3 Å². The first kappa shape index (κ1) is 19.4. The fourth-order valence-electron chi connectivity index (χ4n) is 3.36. The third kappa shape index (κ3) is 3.34. The summed E-state index contributed by atoms with van der Waals surface area (Å²) in [4.78, 5) is 32.8. The van der Waals surface area contributed by atoms with Gasteiger partial charge in [-0.1, -0.05) is 11.6 Å². The van der Waals surface area contributed by atoms with Crippen molar-refractivity contribution in [2.24, 2.45) is 0 Å². The molecule has 0 atom stereocenters. The predicted octanol–water partition coefficient (Wildman–Crippen LogP) is 2.63. The van der Waals surface area contributed by atoms with Crippen LogP contribution in [0.2, 0.25) is 5.02 Å². The van der Waals surface area contributed by atoms with Gasteiger partial charge in [0.05, 0.1) is 22.4 Å². The number of aromatic carboxylic acids is 1. The van der Waals surface area contributed by atoms with Crippen LogP contribution >= 0.6 is 11.6 Å². The zero-order valence-electron chi connectivity index (χ0n) is 15.8. The highest BCUT2D eigenvalue weighted by Crippen LogP contribution is 2.26. The van der Waals surface area contributed by atoms with Crippen LogP contribution in [0.4, 0.5) is 10.2 Å². The molecule has 0 bridgehead atoms. The van der Waals surface area contributed by atoms with E-state index in [2.05, 4.69) is 14.8 Å². The number of nitrogens with zero attached hydrogens (tertiary/aromatic N) is 4. The van der Waals surface area contributed by atoms with Gasteiger partial charge in [0.25, 0.3) is 0 Å². The summed E-state index contributed by atoms with van der Waals surface area (Å²) in [5, 5.41) is 9.18. The second kappa shape index (κ2) is 7.13. The molecule has 0 amide bonds. The van der Waals surface area contributed by atoms with Gasteiger partial charge in [-0.25, -0.2) is 14.2 Å². The first-order valence-electron chi connectivity index (χ1n) is 8.91. The Kier molecular flexibility index (Phi) is 4.76. The molecule has 0 spiro atoms. The van der Waals surface area contributed by atoms with E-state index < -0.39 is 22.8 Å². The Morgan fingerprint density at radius 2 is 2.03 bits per heavy atom. The fraction of sp³-hybridized carbons (Fsp3) is 0.250. The summed E-state index contributed by atoms with van der Waals surface area (Å²) >= 11 is 5.81. The molecule has 1 N–H and O–H groups in total. The zero-order chi connectivity index (χ0) is 20.9.